The smallest absolute Gasteiger partial charge is 0.0974 e. The molecule has 1 N–H and O–H groups in total. The molecular weight excluding hydrogens is 246 g/mol. The Labute approximate surface area is 126 Å². The first kappa shape index (κ1) is 17.7. The fraction of sp³-hybridized carbons (Fsp3) is 0.889. The number of rotatable bonds is 11. The second-order valence-corrected chi connectivity index (χ2v) is 6.96. The Morgan fingerprint density at radius 1 is 0.950 bits per heavy atom. The third kappa shape index (κ3) is 8.06. The van der Waals surface area contributed by atoms with E-state index in [1.807, 2.05) is 0 Å². The van der Waals surface area contributed by atoms with E-state index in [1.165, 1.54) is 81.9 Å². The van der Waals surface area contributed by atoms with Crippen molar-refractivity contribution >= 4 is 0 Å². The van der Waals surface area contributed by atoms with Crippen molar-refractivity contribution in [1.29, 1.82) is 0 Å². The minimum absolute atomic E-state index is 0.367. The average Bonchev–Trinajstić information content (AvgIpc) is 2.45. The fourth-order valence-electron chi connectivity index (χ4n) is 3.06. The first-order chi connectivity index (χ1) is 9.66. The van der Waals surface area contributed by atoms with E-state index in [-0.39, 0.29) is 0 Å². The third-order valence-corrected chi connectivity index (χ3v) is 4.78. The summed E-state index contributed by atoms with van der Waals surface area (Å²) in [7, 11) is 2.42. The molecule has 0 fully saturated rings. The van der Waals surface area contributed by atoms with Gasteiger partial charge in [-0.25, -0.2) is 0 Å². The molecule has 0 saturated heterocycles. The van der Waals surface area contributed by atoms with Crippen LogP contribution in [0.4, 0.5) is 0 Å². The molecule has 1 aliphatic heterocycles. The third-order valence-electron chi connectivity index (χ3n) is 4.78. The van der Waals surface area contributed by atoms with Crippen molar-refractivity contribution in [2.24, 2.45) is 0 Å². The van der Waals surface area contributed by atoms with E-state index in [9.17, 15) is 0 Å². The van der Waals surface area contributed by atoms with Crippen LogP contribution in [0.25, 0.3) is 0 Å². The monoisotopic (exact) mass is 282 g/mol. The molecule has 1 atom stereocenters. The average molecular weight is 282 g/mol. The van der Waals surface area contributed by atoms with Crippen LogP contribution >= 0.6 is 0 Å². The van der Waals surface area contributed by atoms with Gasteiger partial charge < -0.3 is 9.59 Å². The normalized spacial score (nSPS) is 22.9. The summed E-state index contributed by atoms with van der Waals surface area (Å²) in [6, 6.07) is 0. The Balaban J connectivity index is 1.90. The van der Waals surface area contributed by atoms with Gasteiger partial charge in [0.05, 0.1) is 26.7 Å². The highest BCUT2D eigenvalue weighted by Crippen LogP contribution is 2.18. The van der Waals surface area contributed by atoms with Gasteiger partial charge >= 0.3 is 0 Å². The maximum absolute atomic E-state index is 8.70. The molecule has 0 aromatic rings. The van der Waals surface area contributed by atoms with E-state index in [0.717, 1.165) is 6.42 Å². The molecule has 0 radical (unpaired) electrons. The summed E-state index contributed by atoms with van der Waals surface area (Å²) in [5.41, 5.74) is 1.58. The highest BCUT2D eigenvalue weighted by molar-refractivity contribution is 5.00. The molecule has 2 heteroatoms. The van der Waals surface area contributed by atoms with Crippen molar-refractivity contribution in [2.75, 3.05) is 33.3 Å². The molecule has 2 nitrogen and oxygen atoms in total. The van der Waals surface area contributed by atoms with Crippen LogP contribution in [-0.2, 0) is 0 Å². The second kappa shape index (κ2) is 10.4. The molecule has 0 spiro atoms. The maximum Gasteiger partial charge on any atom is 0.0974 e. The van der Waals surface area contributed by atoms with Gasteiger partial charge in [0, 0.05) is 13.0 Å². The van der Waals surface area contributed by atoms with Gasteiger partial charge in [-0.15, -0.1) is 0 Å². The van der Waals surface area contributed by atoms with Crippen LogP contribution in [0.3, 0.4) is 0 Å². The van der Waals surface area contributed by atoms with Crippen LogP contribution in [0.5, 0.6) is 0 Å². The molecule has 0 aromatic heterocycles. The summed E-state index contributed by atoms with van der Waals surface area (Å²) in [5, 5.41) is 8.70. The molecule has 1 heterocycles. The number of hydrogen-bond acceptors (Lipinski definition) is 1. The molecular formula is C18H36NO+. The standard InChI is InChI=1S/C18H36NO/c1-18-12-15-19(2,16-13-18)14-10-8-6-4-3-5-7-9-11-17-20/h12,20H,3-11,13-17H2,1-2H3/q+1. The van der Waals surface area contributed by atoms with Gasteiger partial charge in [-0.3, -0.25) is 0 Å². The number of quaternary nitrogens is 1. The molecule has 0 aromatic carbocycles. The molecule has 1 rings (SSSR count). The fourth-order valence-corrected chi connectivity index (χ4v) is 3.06. The van der Waals surface area contributed by atoms with Gasteiger partial charge in [-0.2, -0.15) is 0 Å². The quantitative estimate of drug-likeness (QED) is 0.340. The van der Waals surface area contributed by atoms with Crippen LogP contribution in [-0.4, -0.2) is 42.9 Å². The lowest BCUT2D eigenvalue weighted by Crippen LogP contribution is -2.47. The van der Waals surface area contributed by atoms with Crippen molar-refractivity contribution in [3.05, 3.63) is 11.6 Å². The number of unbranched alkanes of at least 4 members (excludes halogenated alkanes) is 8. The summed E-state index contributed by atoms with van der Waals surface area (Å²) in [6.45, 7) is 6.58. The molecule has 0 bridgehead atoms. The number of likely N-dealkylation sites (N-methyl/N-ethyl adjacent to an activating group) is 1. The number of hydrogen-bond donors (Lipinski definition) is 1. The Morgan fingerprint density at radius 2 is 1.50 bits per heavy atom. The van der Waals surface area contributed by atoms with E-state index < -0.39 is 0 Å². The van der Waals surface area contributed by atoms with Gasteiger partial charge in [0.15, 0.2) is 0 Å². The van der Waals surface area contributed by atoms with E-state index in [0.29, 0.717) is 6.61 Å². The van der Waals surface area contributed by atoms with Gasteiger partial charge in [0.25, 0.3) is 0 Å². The van der Waals surface area contributed by atoms with Crippen molar-refractivity contribution in [1.82, 2.24) is 0 Å². The Hall–Kier alpha value is -0.340. The number of nitrogens with zero attached hydrogens (tertiary/aromatic N) is 1. The zero-order valence-corrected chi connectivity index (χ0v) is 13.9. The lowest BCUT2D eigenvalue weighted by Gasteiger charge is -2.36. The van der Waals surface area contributed by atoms with E-state index in [2.05, 4.69) is 20.0 Å². The topological polar surface area (TPSA) is 20.2 Å². The lowest BCUT2D eigenvalue weighted by molar-refractivity contribution is -0.905. The van der Waals surface area contributed by atoms with Crippen LogP contribution < -0.4 is 0 Å². The summed E-state index contributed by atoms with van der Waals surface area (Å²) in [5.74, 6) is 0. The summed E-state index contributed by atoms with van der Waals surface area (Å²) < 4.78 is 1.26. The zero-order chi connectivity index (χ0) is 14.7. The first-order valence-electron chi connectivity index (χ1n) is 8.76. The highest BCUT2D eigenvalue weighted by atomic mass is 16.2. The van der Waals surface area contributed by atoms with Gasteiger partial charge in [-0.05, 0) is 32.3 Å². The van der Waals surface area contributed by atoms with Crippen LogP contribution in [0, 0.1) is 0 Å². The largest absolute Gasteiger partial charge is 0.396 e. The minimum atomic E-state index is 0.367. The highest BCUT2D eigenvalue weighted by Gasteiger charge is 2.22. The Bertz CT molecular complexity index is 275. The van der Waals surface area contributed by atoms with Crippen molar-refractivity contribution in [3.8, 4) is 0 Å². The Morgan fingerprint density at radius 3 is 2.00 bits per heavy atom. The zero-order valence-electron chi connectivity index (χ0n) is 13.9. The number of aliphatic hydroxyl groups excluding tert-OH is 1. The van der Waals surface area contributed by atoms with Gasteiger partial charge in [0.2, 0.25) is 0 Å². The SMILES string of the molecule is CC1=CC[N+](C)(CCCCCCCCCCCO)CC1. The van der Waals surface area contributed by atoms with Crippen molar-refractivity contribution in [3.63, 3.8) is 0 Å². The predicted molar refractivity (Wildman–Crippen MR) is 87.8 cm³/mol. The Kier molecular flexibility index (Phi) is 9.21. The maximum atomic E-state index is 8.70. The predicted octanol–water partition coefficient (Wildman–Crippen LogP) is 4.29. The molecule has 1 unspecified atom stereocenters. The second-order valence-electron chi connectivity index (χ2n) is 6.96. The van der Waals surface area contributed by atoms with Crippen molar-refractivity contribution < 1.29 is 9.59 Å². The van der Waals surface area contributed by atoms with Crippen LogP contribution in [0.15, 0.2) is 11.6 Å². The van der Waals surface area contributed by atoms with Crippen molar-refractivity contribution in [2.45, 2.75) is 71.1 Å². The van der Waals surface area contributed by atoms with E-state index in [1.54, 1.807) is 5.57 Å². The molecule has 20 heavy (non-hydrogen) atoms. The van der Waals surface area contributed by atoms with Gasteiger partial charge in [0.1, 0.15) is 0 Å². The first-order valence-corrected chi connectivity index (χ1v) is 8.76. The molecule has 118 valence electrons. The molecule has 1 aliphatic rings. The van der Waals surface area contributed by atoms with Crippen LogP contribution in [0.1, 0.15) is 71.1 Å². The summed E-state index contributed by atoms with van der Waals surface area (Å²) in [6.07, 6.45) is 15.6. The van der Waals surface area contributed by atoms with E-state index in [4.69, 9.17) is 5.11 Å². The summed E-state index contributed by atoms with van der Waals surface area (Å²) >= 11 is 0. The lowest BCUT2D eigenvalue weighted by atomic mass is 10.1. The van der Waals surface area contributed by atoms with Gasteiger partial charge in [-0.1, -0.05) is 44.1 Å². The van der Waals surface area contributed by atoms with E-state index >= 15 is 0 Å². The number of aliphatic hydroxyl groups is 1. The molecule has 0 amide bonds. The van der Waals surface area contributed by atoms with Crippen LogP contribution in [0.2, 0.25) is 0 Å². The molecule has 0 aliphatic carbocycles. The summed E-state index contributed by atoms with van der Waals surface area (Å²) in [4.78, 5) is 0. The minimum Gasteiger partial charge on any atom is -0.396 e. The molecule has 0 saturated carbocycles.